The monoisotopic (exact) mass is 282 g/mol. The van der Waals surface area contributed by atoms with Gasteiger partial charge in [0.25, 0.3) is 0 Å². The minimum atomic E-state index is -1.45. The molecule has 0 saturated heterocycles. The van der Waals surface area contributed by atoms with Crippen molar-refractivity contribution in [1.82, 2.24) is 9.55 Å². The minimum Gasteiger partial charge on any atom is -0.493 e. The Hall–Kier alpha value is -2.31. The second-order valence-electron chi connectivity index (χ2n) is 5.05. The summed E-state index contributed by atoms with van der Waals surface area (Å²) in [6.07, 6.45) is 1.58. The number of nitrogens with zero attached hydrogens (tertiary/aromatic N) is 2. The van der Waals surface area contributed by atoms with E-state index in [1.165, 1.54) is 0 Å². The molecule has 0 bridgehead atoms. The largest absolute Gasteiger partial charge is 0.493 e. The normalized spacial score (nSPS) is 11.0. The number of rotatable bonds is 3. The van der Waals surface area contributed by atoms with Crippen LogP contribution < -0.4 is 5.46 Å². The highest BCUT2D eigenvalue weighted by Crippen LogP contribution is 2.26. The molecule has 21 heavy (non-hydrogen) atoms. The Balaban J connectivity index is 1.98. The molecule has 2 heterocycles. The highest BCUT2D eigenvalue weighted by atomic mass is 16.4. The molecule has 0 atom stereocenters. The van der Waals surface area contributed by atoms with E-state index in [1.807, 2.05) is 31.2 Å². The van der Waals surface area contributed by atoms with Crippen molar-refractivity contribution in [3.05, 3.63) is 53.9 Å². The Kier molecular flexibility index (Phi) is 3.41. The van der Waals surface area contributed by atoms with Gasteiger partial charge in [-0.05, 0) is 30.1 Å². The average molecular weight is 282 g/mol. The first-order chi connectivity index (χ1) is 10.1. The fourth-order valence-electron chi connectivity index (χ4n) is 2.49. The molecule has 0 spiro atoms. The van der Waals surface area contributed by atoms with Crippen LogP contribution in [-0.4, -0.2) is 31.8 Å². The van der Waals surface area contributed by atoms with E-state index in [4.69, 9.17) is 10.0 Å². The maximum Gasteiger partial charge on any atom is 0.488 e. The minimum absolute atomic E-state index is 0.0353. The van der Waals surface area contributed by atoms with Crippen LogP contribution in [0.25, 0.3) is 10.9 Å². The van der Waals surface area contributed by atoms with Crippen LogP contribution in [0, 0.1) is 6.92 Å². The summed E-state index contributed by atoms with van der Waals surface area (Å²) >= 11 is 0. The average Bonchev–Trinajstić information content (AvgIpc) is 2.78. The number of aromatic nitrogens is 2. The number of hydrogen-bond acceptors (Lipinski definition) is 4. The highest BCUT2D eigenvalue weighted by Gasteiger charge is 2.12. The molecule has 0 saturated carbocycles. The van der Waals surface area contributed by atoms with Crippen LogP contribution in [0.2, 0.25) is 0 Å². The zero-order valence-electron chi connectivity index (χ0n) is 11.6. The Bertz CT molecular complexity index is 781. The first kappa shape index (κ1) is 13.7. The number of benzene rings is 1. The fraction of sp³-hybridized carbons (Fsp3) is 0.133. The van der Waals surface area contributed by atoms with Gasteiger partial charge >= 0.3 is 7.12 Å². The van der Waals surface area contributed by atoms with E-state index >= 15 is 0 Å². The van der Waals surface area contributed by atoms with Crippen molar-refractivity contribution in [2.75, 3.05) is 0 Å². The first-order valence-electron chi connectivity index (χ1n) is 6.65. The summed E-state index contributed by atoms with van der Waals surface area (Å²) in [5.41, 5.74) is 3.46. The van der Waals surface area contributed by atoms with Crippen molar-refractivity contribution in [3.8, 4) is 5.88 Å². The quantitative estimate of drug-likeness (QED) is 0.620. The third-order valence-electron chi connectivity index (χ3n) is 3.63. The van der Waals surface area contributed by atoms with Gasteiger partial charge in [0.2, 0.25) is 5.88 Å². The van der Waals surface area contributed by atoms with Gasteiger partial charge in [-0.1, -0.05) is 24.3 Å². The van der Waals surface area contributed by atoms with Crippen LogP contribution in [0.15, 0.2) is 42.6 Å². The lowest BCUT2D eigenvalue weighted by Gasteiger charge is -2.09. The van der Waals surface area contributed by atoms with Crippen molar-refractivity contribution in [2.24, 2.45) is 0 Å². The van der Waals surface area contributed by atoms with Crippen LogP contribution in [0.3, 0.4) is 0 Å². The summed E-state index contributed by atoms with van der Waals surface area (Å²) in [6, 6.07) is 10.9. The van der Waals surface area contributed by atoms with Gasteiger partial charge < -0.3 is 19.7 Å². The lowest BCUT2D eigenvalue weighted by Crippen LogP contribution is -2.29. The van der Waals surface area contributed by atoms with Gasteiger partial charge in [-0.15, -0.1) is 0 Å². The lowest BCUT2D eigenvalue weighted by atomic mass is 9.80. The summed E-state index contributed by atoms with van der Waals surface area (Å²) in [5.74, 6) is 0.0353. The van der Waals surface area contributed by atoms with Crippen molar-refractivity contribution in [3.63, 3.8) is 0 Å². The number of pyridine rings is 1. The smallest absolute Gasteiger partial charge is 0.488 e. The summed E-state index contributed by atoms with van der Waals surface area (Å²) < 4.78 is 2.08. The number of fused-ring (bicyclic) bond motifs is 1. The summed E-state index contributed by atoms with van der Waals surface area (Å²) in [6.45, 7) is 2.62. The molecule has 0 amide bonds. The third kappa shape index (κ3) is 2.51. The first-order valence-corrected chi connectivity index (χ1v) is 6.65. The standard InChI is InChI=1S/C15H15BN2O3/c1-10-8-13-14(6-7-17-15(13)19)18(10)9-11-2-4-12(5-3-11)16(20)21/h2-8,20-21H,9H2,1H3,(H,17,19). The zero-order chi connectivity index (χ0) is 15.0. The van der Waals surface area contributed by atoms with Crippen molar-refractivity contribution >= 4 is 23.5 Å². The molecule has 0 aliphatic carbocycles. The maximum atomic E-state index is 9.79. The molecule has 3 aromatic rings. The zero-order valence-corrected chi connectivity index (χ0v) is 11.6. The Morgan fingerprint density at radius 1 is 1.14 bits per heavy atom. The van der Waals surface area contributed by atoms with E-state index in [1.54, 1.807) is 18.3 Å². The molecule has 0 radical (unpaired) electrons. The van der Waals surface area contributed by atoms with Crippen LogP contribution in [-0.2, 0) is 6.54 Å². The predicted molar refractivity (Wildman–Crippen MR) is 81.5 cm³/mol. The van der Waals surface area contributed by atoms with E-state index in [0.717, 1.165) is 22.2 Å². The van der Waals surface area contributed by atoms with Gasteiger partial charge in [-0.3, -0.25) is 0 Å². The molecule has 6 heteroatoms. The summed E-state index contributed by atoms with van der Waals surface area (Å²) in [5, 5.41) is 28.7. The van der Waals surface area contributed by atoms with E-state index in [2.05, 4.69) is 9.55 Å². The fourth-order valence-corrected chi connectivity index (χ4v) is 2.49. The topological polar surface area (TPSA) is 78.5 Å². The number of aromatic hydroxyl groups is 1. The molecule has 106 valence electrons. The highest BCUT2D eigenvalue weighted by molar-refractivity contribution is 6.58. The predicted octanol–water partition coefficient (Wildman–Crippen LogP) is 0.778. The van der Waals surface area contributed by atoms with Crippen molar-refractivity contribution in [1.29, 1.82) is 0 Å². The number of aryl methyl sites for hydroxylation is 1. The van der Waals surface area contributed by atoms with Gasteiger partial charge in [0.05, 0.1) is 10.9 Å². The molecule has 3 rings (SSSR count). The summed E-state index contributed by atoms with van der Waals surface area (Å²) in [7, 11) is -1.45. The van der Waals surface area contributed by atoms with E-state index in [9.17, 15) is 5.11 Å². The lowest BCUT2D eigenvalue weighted by molar-refractivity contribution is 0.425. The van der Waals surface area contributed by atoms with Gasteiger partial charge in [0.1, 0.15) is 0 Å². The van der Waals surface area contributed by atoms with E-state index in [-0.39, 0.29) is 5.88 Å². The van der Waals surface area contributed by atoms with Crippen LogP contribution in [0.4, 0.5) is 0 Å². The molecule has 1 aromatic carbocycles. The van der Waals surface area contributed by atoms with Crippen LogP contribution in [0.5, 0.6) is 5.88 Å². The molecule has 0 unspecified atom stereocenters. The van der Waals surface area contributed by atoms with E-state index < -0.39 is 7.12 Å². The van der Waals surface area contributed by atoms with Crippen LogP contribution >= 0.6 is 0 Å². The molecule has 0 aliphatic rings. The second-order valence-corrected chi connectivity index (χ2v) is 5.05. The van der Waals surface area contributed by atoms with Gasteiger partial charge in [-0.2, -0.15) is 0 Å². The van der Waals surface area contributed by atoms with Crippen molar-refractivity contribution < 1.29 is 15.2 Å². The van der Waals surface area contributed by atoms with Gasteiger partial charge in [0.15, 0.2) is 0 Å². The summed E-state index contributed by atoms with van der Waals surface area (Å²) in [4.78, 5) is 3.89. The van der Waals surface area contributed by atoms with Crippen LogP contribution in [0.1, 0.15) is 11.3 Å². The molecule has 0 aliphatic heterocycles. The molecule has 3 N–H and O–H groups in total. The Labute approximate surface area is 122 Å². The molecular weight excluding hydrogens is 267 g/mol. The maximum absolute atomic E-state index is 9.79. The van der Waals surface area contributed by atoms with E-state index in [0.29, 0.717) is 12.0 Å². The molecule has 5 nitrogen and oxygen atoms in total. The van der Waals surface area contributed by atoms with Gasteiger partial charge in [-0.25, -0.2) is 4.98 Å². The number of hydrogen-bond donors (Lipinski definition) is 3. The second kappa shape index (κ2) is 5.23. The Morgan fingerprint density at radius 3 is 2.52 bits per heavy atom. The third-order valence-corrected chi connectivity index (χ3v) is 3.63. The van der Waals surface area contributed by atoms with Crippen molar-refractivity contribution in [2.45, 2.75) is 13.5 Å². The molecule has 0 fully saturated rings. The van der Waals surface area contributed by atoms with Gasteiger partial charge in [0, 0.05) is 18.4 Å². The molecule has 2 aromatic heterocycles. The SMILES string of the molecule is Cc1cc2c(O)nccc2n1Cc1ccc(B(O)O)cc1. The molecular formula is C15H15BN2O3. The Morgan fingerprint density at radius 2 is 1.86 bits per heavy atom.